The van der Waals surface area contributed by atoms with Gasteiger partial charge in [-0.05, 0) is 23.1 Å². The highest BCUT2D eigenvalue weighted by molar-refractivity contribution is 7.87. The molecule has 0 aliphatic carbocycles. The van der Waals surface area contributed by atoms with Gasteiger partial charge in [0.1, 0.15) is 12.4 Å². The lowest BCUT2D eigenvalue weighted by Gasteiger charge is -2.35. The molecule has 124 valence electrons. The summed E-state index contributed by atoms with van der Waals surface area (Å²) >= 11 is 0. The molecule has 22 heavy (non-hydrogen) atoms. The van der Waals surface area contributed by atoms with Crippen molar-refractivity contribution in [2.75, 3.05) is 26.2 Å². The van der Waals surface area contributed by atoms with E-state index in [2.05, 4.69) is 25.5 Å². The van der Waals surface area contributed by atoms with Crippen LogP contribution in [0.2, 0.25) is 0 Å². The smallest absolute Gasteiger partial charge is 0.279 e. The van der Waals surface area contributed by atoms with E-state index in [1.54, 1.807) is 0 Å². The molecule has 0 spiro atoms. The zero-order chi connectivity index (χ0) is 16.4. The molecule has 1 saturated heterocycles. The summed E-state index contributed by atoms with van der Waals surface area (Å²) in [5, 5.41) is 0. The van der Waals surface area contributed by atoms with Crippen molar-refractivity contribution in [3.8, 4) is 5.75 Å². The number of ether oxygens (including phenoxy) is 1. The Balaban J connectivity index is 1.75. The molecule has 2 rings (SSSR count). The number of nitrogens with zero attached hydrogens (tertiary/aromatic N) is 1. The average Bonchev–Trinajstić information content (AvgIpc) is 2.40. The van der Waals surface area contributed by atoms with Gasteiger partial charge in [-0.15, -0.1) is 0 Å². The van der Waals surface area contributed by atoms with Crippen molar-refractivity contribution in [3.63, 3.8) is 0 Å². The van der Waals surface area contributed by atoms with Crippen LogP contribution < -0.4 is 15.2 Å². The molecular weight excluding hydrogens is 302 g/mol. The molecule has 0 radical (unpaired) electrons. The minimum absolute atomic E-state index is 0.0471. The second-order valence-corrected chi connectivity index (χ2v) is 8.35. The molecule has 0 aromatic heterocycles. The number of nitrogens with one attached hydrogen (secondary N) is 1. The van der Waals surface area contributed by atoms with Crippen LogP contribution in [-0.2, 0) is 15.6 Å². The fraction of sp³-hybridized carbons (Fsp3) is 0.600. The van der Waals surface area contributed by atoms with Crippen LogP contribution in [-0.4, -0.2) is 45.0 Å². The molecule has 1 heterocycles. The molecule has 7 heteroatoms. The Morgan fingerprint density at radius 2 is 1.86 bits per heavy atom. The number of rotatable bonds is 6. The van der Waals surface area contributed by atoms with E-state index in [1.165, 1.54) is 9.87 Å². The number of nitrogens with two attached hydrogens (primary N) is 1. The zero-order valence-electron chi connectivity index (χ0n) is 13.4. The van der Waals surface area contributed by atoms with Crippen molar-refractivity contribution in [2.45, 2.75) is 32.2 Å². The summed E-state index contributed by atoms with van der Waals surface area (Å²) in [6, 6.07) is 7.82. The van der Waals surface area contributed by atoms with Gasteiger partial charge in [0.15, 0.2) is 0 Å². The Morgan fingerprint density at radius 1 is 1.27 bits per heavy atom. The quantitative estimate of drug-likeness (QED) is 0.758. The summed E-state index contributed by atoms with van der Waals surface area (Å²) in [6.45, 7) is 7.73. The second kappa shape index (κ2) is 6.54. The van der Waals surface area contributed by atoms with E-state index in [0.717, 1.165) is 5.75 Å². The highest BCUT2D eigenvalue weighted by Gasteiger charge is 2.32. The highest BCUT2D eigenvalue weighted by atomic mass is 32.2. The Kier molecular flexibility index (Phi) is 5.11. The fourth-order valence-corrected chi connectivity index (χ4v) is 3.45. The maximum absolute atomic E-state index is 11.8. The summed E-state index contributed by atoms with van der Waals surface area (Å²) in [5.74, 6) is 0.734. The Bertz CT molecular complexity index is 587. The Labute approximate surface area is 132 Å². The molecule has 0 unspecified atom stereocenters. The molecule has 0 bridgehead atoms. The lowest BCUT2D eigenvalue weighted by Crippen LogP contribution is -2.60. The van der Waals surface area contributed by atoms with E-state index in [0.29, 0.717) is 13.1 Å². The largest absolute Gasteiger partial charge is 0.492 e. The van der Waals surface area contributed by atoms with E-state index in [4.69, 9.17) is 10.5 Å². The molecule has 3 N–H and O–H groups in total. The number of hydrogen-bond acceptors (Lipinski definition) is 4. The number of benzene rings is 1. The van der Waals surface area contributed by atoms with Crippen molar-refractivity contribution < 1.29 is 13.2 Å². The zero-order valence-corrected chi connectivity index (χ0v) is 14.2. The van der Waals surface area contributed by atoms with Gasteiger partial charge in [-0.1, -0.05) is 32.9 Å². The van der Waals surface area contributed by atoms with Gasteiger partial charge in [0.2, 0.25) is 0 Å². The lowest BCUT2D eigenvalue weighted by atomic mass is 9.87. The van der Waals surface area contributed by atoms with Crippen LogP contribution >= 0.6 is 0 Å². The normalized spacial score (nSPS) is 17.3. The number of hydrogen-bond donors (Lipinski definition) is 2. The molecule has 0 atom stereocenters. The molecule has 1 aliphatic heterocycles. The monoisotopic (exact) mass is 327 g/mol. The molecule has 1 fully saturated rings. The fourth-order valence-electron chi connectivity index (χ4n) is 2.15. The van der Waals surface area contributed by atoms with Crippen molar-refractivity contribution in [2.24, 2.45) is 5.73 Å². The third-order valence-corrected chi connectivity index (χ3v) is 5.14. The molecule has 0 saturated carbocycles. The Morgan fingerprint density at radius 3 is 2.36 bits per heavy atom. The molecule has 1 aromatic rings. The van der Waals surface area contributed by atoms with Gasteiger partial charge in [-0.25, -0.2) is 0 Å². The van der Waals surface area contributed by atoms with Gasteiger partial charge < -0.3 is 10.5 Å². The highest BCUT2D eigenvalue weighted by Crippen LogP contribution is 2.24. The first kappa shape index (κ1) is 17.2. The van der Waals surface area contributed by atoms with Crippen molar-refractivity contribution in [3.05, 3.63) is 29.8 Å². The van der Waals surface area contributed by atoms with Gasteiger partial charge >= 0.3 is 0 Å². The van der Waals surface area contributed by atoms with Crippen molar-refractivity contribution in [1.82, 2.24) is 9.03 Å². The second-order valence-electron chi connectivity index (χ2n) is 6.60. The SMILES string of the molecule is CC(C)(C)c1ccc(OCCNS(=O)(=O)N2CC(N)C2)cc1. The topological polar surface area (TPSA) is 84.7 Å². The van der Waals surface area contributed by atoms with Crippen LogP contribution in [0.3, 0.4) is 0 Å². The third kappa shape index (κ3) is 4.42. The summed E-state index contributed by atoms with van der Waals surface area (Å²) in [5.41, 5.74) is 6.92. The van der Waals surface area contributed by atoms with Crippen LogP contribution in [0, 0.1) is 0 Å². The minimum Gasteiger partial charge on any atom is -0.492 e. The van der Waals surface area contributed by atoms with E-state index < -0.39 is 10.2 Å². The van der Waals surface area contributed by atoms with Gasteiger partial charge in [0.25, 0.3) is 10.2 Å². The minimum atomic E-state index is -3.41. The molecular formula is C15H25N3O3S. The van der Waals surface area contributed by atoms with Gasteiger partial charge in [-0.3, -0.25) is 0 Å². The molecule has 1 aliphatic rings. The predicted octanol–water partition coefficient (Wildman–Crippen LogP) is 0.840. The van der Waals surface area contributed by atoms with Gasteiger partial charge in [-0.2, -0.15) is 17.4 Å². The van der Waals surface area contributed by atoms with E-state index in [9.17, 15) is 8.42 Å². The average molecular weight is 327 g/mol. The summed E-state index contributed by atoms with van der Waals surface area (Å²) in [6.07, 6.45) is 0. The van der Waals surface area contributed by atoms with Crippen molar-refractivity contribution >= 4 is 10.2 Å². The maximum atomic E-state index is 11.8. The van der Waals surface area contributed by atoms with E-state index in [1.807, 2.05) is 24.3 Å². The van der Waals surface area contributed by atoms with Crippen LogP contribution in [0.5, 0.6) is 5.75 Å². The lowest BCUT2D eigenvalue weighted by molar-refractivity contribution is 0.259. The first-order valence-corrected chi connectivity index (χ1v) is 8.86. The first-order valence-electron chi connectivity index (χ1n) is 7.42. The van der Waals surface area contributed by atoms with Crippen molar-refractivity contribution in [1.29, 1.82) is 0 Å². The predicted molar refractivity (Wildman–Crippen MR) is 87.1 cm³/mol. The first-order chi connectivity index (χ1) is 10.2. The van der Waals surface area contributed by atoms with E-state index in [-0.39, 0.29) is 24.6 Å². The molecule has 0 amide bonds. The van der Waals surface area contributed by atoms with Crippen LogP contribution in [0.4, 0.5) is 0 Å². The van der Waals surface area contributed by atoms with Crippen LogP contribution in [0.1, 0.15) is 26.3 Å². The molecule has 6 nitrogen and oxygen atoms in total. The van der Waals surface area contributed by atoms with Gasteiger partial charge in [0.05, 0.1) is 0 Å². The standard InChI is InChI=1S/C15H25N3O3S/c1-15(2,3)12-4-6-14(7-5-12)21-9-8-17-22(19,20)18-10-13(16)11-18/h4-7,13,17H,8-11,16H2,1-3H3. The summed E-state index contributed by atoms with van der Waals surface area (Å²) in [4.78, 5) is 0. The summed E-state index contributed by atoms with van der Waals surface area (Å²) in [7, 11) is -3.41. The third-order valence-electron chi connectivity index (χ3n) is 3.59. The van der Waals surface area contributed by atoms with Crippen LogP contribution in [0.25, 0.3) is 0 Å². The van der Waals surface area contributed by atoms with E-state index >= 15 is 0 Å². The van der Waals surface area contributed by atoms with Crippen LogP contribution in [0.15, 0.2) is 24.3 Å². The molecule has 1 aromatic carbocycles. The maximum Gasteiger partial charge on any atom is 0.279 e. The summed E-state index contributed by atoms with van der Waals surface area (Å²) < 4.78 is 33.0. The van der Waals surface area contributed by atoms with Gasteiger partial charge in [0, 0.05) is 25.7 Å². The Hall–Kier alpha value is -1.15.